The highest BCUT2D eigenvalue weighted by atomic mass is 28.4. The van der Waals surface area contributed by atoms with Gasteiger partial charge in [0.15, 0.2) is 8.32 Å². The van der Waals surface area contributed by atoms with Crippen molar-refractivity contribution in [2.75, 3.05) is 13.7 Å². The van der Waals surface area contributed by atoms with E-state index in [1.54, 1.807) is 7.11 Å². The zero-order valence-corrected chi connectivity index (χ0v) is 9.07. The van der Waals surface area contributed by atoms with Crippen LogP contribution in [0.3, 0.4) is 0 Å². The lowest BCUT2D eigenvalue weighted by Crippen LogP contribution is -2.29. The molecule has 0 aliphatic heterocycles. The molecule has 0 fully saturated rings. The standard InChI is InChI=1S/C7H15F3O2Si/c1-11-13(2,3)6-4-5-12-7(8,9)10/h4-6H2,1-3H3. The predicted molar refractivity (Wildman–Crippen MR) is 45.9 cm³/mol. The maximum absolute atomic E-state index is 11.5. The van der Waals surface area contributed by atoms with E-state index in [1.807, 2.05) is 13.1 Å². The summed E-state index contributed by atoms with van der Waals surface area (Å²) in [6.07, 6.45) is -4.11. The molecule has 0 saturated heterocycles. The van der Waals surface area contributed by atoms with Gasteiger partial charge >= 0.3 is 6.36 Å². The van der Waals surface area contributed by atoms with E-state index in [0.717, 1.165) is 0 Å². The number of hydrogen-bond acceptors (Lipinski definition) is 2. The van der Waals surface area contributed by atoms with E-state index in [2.05, 4.69) is 4.74 Å². The molecule has 0 radical (unpaired) electrons. The average molecular weight is 216 g/mol. The molecule has 13 heavy (non-hydrogen) atoms. The van der Waals surface area contributed by atoms with Crippen LogP contribution in [-0.2, 0) is 9.16 Å². The summed E-state index contributed by atoms with van der Waals surface area (Å²) < 4.78 is 43.4. The van der Waals surface area contributed by atoms with Crippen LogP contribution in [0.2, 0.25) is 19.1 Å². The zero-order chi connectivity index (χ0) is 10.5. The Bertz CT molecular complexity index is 147. The Balaban J connectivity index is 3.47. The van der Waals surface area contributed by atoms with Crippen LogP contribution >= 0.6 is 0 Å². The first kappa shape index (κ1) is 12.9. The van der Waals surface area contributed by atoms with Crippen molar-refractivity contribution in [3.63, 3.8) is 0 Å². The minimum absolute atomic E-state index is 0.275. The van der Waals surface area contributed by atoms with Crippen LogP contribution in [-0.4, -0.2) is 28.4 Å². The van der Waals surface area contributed by atoms with E-state index in [-0.39, 0.29) is 6.61 Å². The van der Waals surface area contributed by atoms with Gasteiger partial charge in [0.05, 0.1) is 6.61 Å². The molecule has 80 valence electrons. The predicted octanol–water partition coefficient (Wildman–Crippen LogP) is 2.76. The molecule has 0 aliphatic carbocycles. The molecule has 0 amide bonds. The lowest BCUT2D eigenvalue weighted by molar-refractivity contribution is -0.324. The Morgan fingerprint density at radius 1 is 1.23 bits per heavy atom. The molecule has 0 unspecified atom stereocenters. The van der Waals surface area contributed by atoms with Gasteiger partial charge in [-0.25, -0.2) is 0 Å². The van der Waals surface area contributed by atoms with E-state index in [4.69, 9.17) is 4.43 Å². The molecule has 0 heterocycles. The summed E-state index contributed by atoms with van der Waals surface area (Å²) >= 11 is 0. The second kappa shape index (κ2) is 4.97. The van der Waals surface area contributed by atoms with Crippen LogP contribution < -0.4 is 0 Å². The first-order valence-electron chi connectivity index (χ1n) is 4.03. The third kappa shape index (κ3) is 8.26. The summed E-state index contributed by atoms with van der Waals surface area (Å²) in [5.41, 5.74) is 0. The molecular formula is C7H15F3O2Si. The van der Waals surface area contributed by atoms with Gasteiger partial charge in [0.1, 0.15) is 0 Å². The summed E-state index contributed by atoms with van der Waals surface area (Å²) in [5, 5.41) is 0. The molecule has 2 nitrogen and oxygen atoms in total. The molecular weight excluding hydrogens is 201 g/mol. The summed E-state index contributed by atoms with van der Waals surface area (Å²) in [4.78, 5) is 0. The van der Waals surface area contributed by atoms with Crippen molar-refractivity contribution in [2.24, 2.45) is 0 Å². The highest BCUT2D eigenvalue weighted by molar-refractivity contribution is 6.71. The lowest BCUT2D eigenvalue weighted by Gasteiger charge is -2.19. The van der Waals surface area contributed by atoms with Crippen molar-refractivity contribution < 1.29 is 22.3 Å². The van der Waals surface area contributed by atoms with Crippen LogP contribution in [0.1, 0.15) is 6.42 Å². The molecule has 0 aromatic rings. The Morgan fingerprint density at radius 2 is 1.77 bits per heavy atom. The number of halogens is 3. The minimum atomic E-state index is -4.50. The van der Waals surface area contributed by atoms with Crippen LogP contribution in [0.5, 0.6) is 0 Å². The van der Waals surface area contributed by atoms with Crippen molar-refractivity contribution in [1.82, 2.24) is 0 Å². The number of ether oxygens (including phenoxy) is 1. The van der Waals surface area contributed by atoms with Gasteiger partial charge in [-0.2, -0.15) is 0 Å². The third-order valence-electron chi connectivity index (χ3n) is 1.74. The Labute approximate surface area is 77.2 Å². The molecule has 0 atom stereocenters. The number of rotatable bonds is 5. The summed E-state index contributed by atoms with van der Waals surface area (Å²) in [5.74, 6) is 0. The Hall–Kier alpha value is -0.0731. The molecule has 0 saturated carbocycles. The van der Waals surface area contributed by atoms with Crippen LogP contribution in [0.15, 0.2) is 0 Å². The normalized spacial score (nSPS) is 13.4. The van der Waals surface area contributed by atoms with Crippen LogP contribution in [0.25, 0.3) is 0 Å². The quantitative estimate of drug-likeness (QED) is 0.519. The van der Waals surface area contributed by atoms with E-state index in [9.17, 15) is 13.2 Å². The van der Waals surface area contributed by atoms with Crippen molar-refractivity contribution in [3.05, 3.63) is 0 Å². The van der Waals surface area contributed by atoms with Crippen molar-refractivity contribution >= 4 is 8.32 Å². The lowest BCUT2D eigenvalue weighted by atomic mass is 10.5. The molecule has 0 bridgehead atoms. The number of alkyl halides is 3. The number of hydrogen-bond donors (Lipinski definition) is 0. The van der Waals surface area contributed by atoms with E-state index < -0.39 is 14.7 Å². The topological polar surface area (TPSA) is 18.5 Å². The smallest absolute Gasteiger partial charge is 0.420 e. The van der Waals surface area contributed by atoms with Gasteiger partial charge < -0.3 is 4.43 Å². The van der Waals surface area contributed by atoms with Gasteiger partial charge in [-0.1, -0.05) is 0 Å². The molecule has 0 spiro atoms. The highest BCUT2D eigenvalue weighted by Crippen LogP contribution is 2.18. The van der Waals surface area contributed by atoms with E-state index >= 15 is 0 Å². The second-order valence-corrected chi connectivity index (χ2v) is 7.79. The third-order valence-corrected chi connectivity index (χ3v) is 4.40. The first-order valence-corrected chi connectivity index (χ1v) is 7.14. The van der Waals surface area contributed by atoms with E-state index in [0.29, 0.717) is 12.5 Å². The molecule has 0 N–H and O–H groups in total. The van der Waals surface area contributed by atoms with Crippen LogP contribution in [0.4, 0.5) is 13.2 Å². The fraction of sp³-hybridized carbons (Fsp3) is 1.00. The van der Waals surface area contributed by atoms with Gasteiger partial charge in [-0.3, -0.25) is 4.74 Å². The SMILES string of the molecule is CO[Si](C)(C)CCCOC(F)(F)F. The van der Waals surface area contributed by atoms with Gasteiger partial charge in [-0.15, -0.1) is 13.2 Å². The van der Waals surface area contributed by atoms with Crippen molar-refractivity contribution in [2.45, 2.75) is 31.9 Å². The summed E-state index contributed by atoms with van der Waals surface area (Å²) in [6, 6.07) is 0.680. The monoisotopic (exact) mass is 216 g/mol. The Morgan fingerprint density at radius 3 is 2.15 bits per heavy atom. The van der Waals surface area contributed by atoms with Gasteiger partial charge in [0, 0.05) is 7.11 Å². The van der Waals surface area contributed by atoms with Crippen molar-refractivity contribution in [3.8, 4) is 0 Å². The van der Waals surface area contributed by atoms with Crippen LogP contribution in [0, 0.1) is 0 Å². The zero-order valence-electron chi connectivity index (χ0n) is 8.07. The molecule has 0 aliphatic rings. The molecule has 0 aromatic carbocycles. The molecule has 6 heteroatoms. The summed E-state index contributed by atoms with van der Waals surface area (Å²) in [6.45, 7) is 3.64. The average Bonchev–Trinajstić information content (AvgIpc) is 1.97. The van der Waals surface area contributed by atoms with Gasteiger partial charge in [-0.05, 0) is 25.6 Å². The minimum Gasteiger partial charge on any atom is -0.420 e. The second-order valence-electron chi connectivity index (χ2n) is 3.36. The first-order chi connectivity index (χ1) is 5.77. The summed E-state index contributed by atoms with van der Waals surface area (Å²) in [7, 11) is -0.127. The highest BCUT2D eigenvalue weighted by Gasteiger charge is 2.29. The van der Waals surface area contributed by atoms with Gasteiger partial charge in [0.2, 0.25) is 0 Å². The fourth-order valence-corrected chi connectivity index (χ4v) is 1.99. The molecule has 0 aromatic heterocycles. The largest absolute Gasteiger partial charge is 0.522 e. The fourth-order valence-electron chi connectivity index (χ4n) is 0.788. The maximum Gasteiger partial charge on any atom is 0.522 e. The van der Waals surface area contributed by atoms with E-state index in [1.165, 1.54) is 0 Å². The Kier molecular flexibility index (Phi) is 4.94. The van der Waals surface area contributed by atoms with Gasteiger partial charge in [0.25, 0.3) is 0 Å². The molecule has 0 rings (SSSR count). The maximum atomic E-state index is 11.5. The van der Waals surface area contributed by atoms with Crippen molar-refractivity contribution in [1.29, 1.82) is 0 Å².